The fraction of sp³-hybridized carbons (Fsp3) is 0.786. The molecule has 1 aromatic rings. The molecule has 2 nitrogen and oxygen atoms in total. The summed E-state index contributed by atoms with van der Waals surface area (Å²) in [5.74, 6) is 3.65. The highest BCUT2D eigenvalue weighted by molar-refractivity contribution is 5.28. The quantitative estimate of drug-likeness (QED) is 0.338. The van der Waals surface area contributed by atoms with Gasteiger partial charge in [-0.05, 0) is 59.6 Å². The van der Waals surface area contributed by atoms with Crippen molar-refractivity contribution in [2.24, 2.45) is 29.1 Å². The van der Waals surface area contributed by atoms with Crippen molar-refractivity contribution in [3.8, 4) is 5.75 Å². The molecule has 1 fully saturated rings. The summed E-state index contributed by atoms with van der Waals surface area (Å²) in [5, 5.41) is 0. The second-order valence-corrected chi connectivity index (χ2v) is 11.5. The van der Waals surface area contributed by atoms with E-state index in [1.165, 1.54) is 44.1 Å². The second kappa shape index (κ2) is 12.1. The molecule has 172 valence electrons. The van der Waals surface area contributed by atoms with Crippen molar-refractivity contribution in [2.45, 2.75) is 106 Å². The van der Waals surface area contributed by atoms with Crippen LogP contribution in [-0.4, -0.2) is 12.9 Å². The predicted molar refractivity (Wildman–Crippen MR) is 129 cm³/mol. The summed E-state index contributed by atoms with van der Waals surface area (Å²) >= 11 is 0. The van der Waals surface area contributed by atoms with Crippen molar-refractivity contribution >= 4 is 0 Å². The summed E-state index contributed by atoms with van der Waals surface area (Å²) < 4.78 is 12.8. The molecular formula is C28H48O2. The Morgan fingerprint density at radius 2 is 1.50 bits per heavy atom. The highest BCUT2D eigenvalue weighted by atomic mass is 16.7. The summed E-state index contributed by atoms with van der Waals surface area (Å²) in [6, 6.07) is 8.67. The Morgan fingerprint density at radius 1 is 0.900 bits per heavy atom. The van der Waals surface area contributed by atoms with Gasteiger partial charge < -0.3 is 9.47 Å². The third kappa shape index (κ3) is 9.41. The van der Waals surface area contributed by atoms with Crippen molar-refractivity contribution in [1.82, 2.24) is 0 Å². The largest absolute Gasteiger partial charge is 0.465 e. The van der Waals surface area contributed by atoms with Gasteiger partial charge >= 0.3 is 0 Å². The first kappa shape index (κ1) is 25.2. The molecule has 2 rings (SSSR count). The summed E-state index contributed by atoms with van der Waals surface area (Å²) in [6.45, 7) is 17.0. The van der Waals surface area contributed by atoms with E-state index in [2.05, 4.69) is 72.7 Å². The maximum atomic E-state index is 6.40. The molecule has 0 aliphatic heterocycles. The maximum Gasteiger partial charge on any atom is 0.200 e. The van der Waals surface area contributed by atoms with Crippen LogP contribution in [0.2, 0.25) is 0 Å². The Kier molecular flexibility index (Phi) is 10.2. The van der Waals surface area contributed by atoms with Gasteiger partial charge in [-0.15, -0.1) is 0 Å². The van der Waals surface area contributed by atoms with Gasteiger partial charge in [-0.3, -0.25) is 0 Å². The Balaban J connectivity index is 1.98. The minimum Gasteiger partial charge on any atom is -0.465 e. The molecule has 2 heteroatoms. The van der Waals surface area contributed by atoms with E-state index in [-0.39, 0.29) is 6.29 Å². The molecule has 0 bridgehead atoms. The van der Waals surface area contributed by atoms with Gasteiger partial charge in [-0.25, -0.2) is 0 Å². The normalized spacial score (nSPS) is 17.1. The zero-order chi connectivity index (χ0) is 22.1. The van der Waals surface area contributed by atoms with Crippen LogP contribution in [0.1, 0.15) is 99.0 Å². The van der Waals surface area contributed by atoms with Crippen LogP contribution in [0.5, 0.6) is 5.75 Å². The van der Waals surface area contributed by atoms with Crippen LogP contribution in [-0.2, 0) is 11.2 Å². The number of rotatable bonds is 11. The lowest BCUT2D eigenvalue weighted by atomic mass is 9.83. The molecular weight excluding hydrogens is 368 g/mol. The summed E-state index contributed by atoms with van der Waals surface area (Å²) in [4.78, 5) is 0. The van der Waals surface area contributed by atoms with Gasteiger partial charge in [0.25, 0.3) is 0 Å². The summed E-state index contributed by atoms with van der Waals surface area (Å²) in [5.41, 5.74) is 1.67. The first-order valence-corrected chi connectivity index (χ1v) is 12.5. The average Bonchev–Trinajstić information content (AvgIpc) is 2.66. The molecule has 0 amide bonds. The maximum absolute atomic E-state index is 6.40. The van der Waals surface area contributed by atoms with E-state index in [1.807, 2.05) is 0 Å². The molecule has 0 N–H and O–H groups in total. The van der Waals surface area contributed by atoms with Crippen molar-refractivity contribution in [1.29, 1.82) is 0 Å². The first-order chi connectivity index (χ1) is 14.1. The molecule has 1 saturated carbocycles. The standard InChI is InChI=1S/C28H48O2/c1-21(2)26(22(3)4)19-27(29-18-17-23-11-9-8-10-12-23)30-25-15-13-24(14-16-25)20-28(5,6)7/h13-16,21-23,26-27H,8-12,17-20H2,1-7H3. The highest BCUT2D eigenvalue weighted by Gasteiger charge is 2.25. The molecule has 1 aliphatic rings. The Labute approximate surface area is 187 Å². The molecule has 0 spiro atoms. The summed E-state index contributed by atoms with van der Waals surface area (Å²) in [6.07, 6.45) is 10.0. The van der Waals surface area contributed by atoms with Gasteiger partial charge in [-0.1, -0.05) is 92.7 Å². The Bertz CT molecular complexity index is 568. The topological polar surface area (TPSA) is 18.5 Å². The van der Waals surface area contributed by atoms with Gasteiger partial charge in [-0.2, -0.15) is 0 Å². The highest BCUT2D eigenvalue weighted by Crippen LogP contribution is 2.30. The third-order valence-electron chi connectivity index (χ3n) is 6.66. The fourth-order valence-electron chi connectivity index (χ4n) is 4.98. The lowest BCUT2D eigenvalue weighted by molar-refractivity contribution is -0.103. The fourth-order valence-corrected chi connectivity index (χ4v) is 4.98. The van der Waals surface area contributed by atoms with Gasteiger partial charge in [0.05, 0.1) is 6.61 Å². The average molecular weight is 417 g/mol. The van der Waals surface area contributed by atoms with Gasteiger partial charge in [0, 0.05) is 6.42 Å². The molecule has 0 radical (unpaired) electrons. The van der Waals surface area contributed by atoms with E-state index in [4.69, 9.17) is 9.47 Å². The summed E-state index contributed by atoms with van der Waals surface area (Å²) in [7, 11) is 0. The van der Waals surface area contributed by atoms with E-state index >= 15 is 0 Å². The Morgan fingerprint density at radius 3 is 2.03 bits per heavy atom. The number of ether oxygens (including phenoxy) is 2. The zero-order valence-electron chi connectivity index (χ0n) is 20.9. The van der Waals surface area contributed by atoms with Crippen molar-refractivity contribution in [3.63, 3.8) is 0 Å². The molecule has 1 unspecified atom stereocenters. The van der Waals surface area contributed by atoms with Crippen LogP contribution in [0.4, 0.5) is 0 Å². The molecule has 1 atom stereocenters. The first-order valence-electron chi connectivity index (χ1n) is 12.5. The van der Waals surface area contributed by atoms with E-state index in [9.17, 15) is 0 Å². The van der Waals surface area contributed by atoms with E-state index in [0.717, 1.165) is 31.1 Å². The SMILES string of the molecule is CC(C)C(CC(OCCC1CCCCC1)Oc1ccc(CC(C)(C)C)cc1)C(C)C. The molecule has 1 aromatic carbocycles. The number of hydrogen-bond donors (Lipinski definition) is 0. The molecule has 0 aromatic heterocycles. The van der Waals surface area contributed by atoms with Gasteiger partial charge in [0.2, 0.25) is 0 Å². The van der Waals surface area contributed by atoms with Crippen LogP contribution in [0.3, 0.4) is 0 Å². The minimum atomic E-state index is -0.156. The zero-order valence-corrected chi connectivity index (χ0v) is 20.9. The van der Waals surface area contributed by atoms with Crippen molar-refractivity contribution < 1.29 is 9.47 Å². The van der Waals surface area contributed by atoms with E-state index in [0.29, 0.717) is 23.2 Å². The van der Waals surface area contributed by atoms with Gasteiger partial charge in [0.1, 0.15) is 5.75 Å². The third-order valence-corrected chi connectivity index (χ3v) is 6.66. The van der Waals surface area contributed by atoms with Crippen LogP contribution >= 0.6 is 0 Å². The predicted octanol–water partition coefficient (Wildman–Crippen LogP) is 8.29. The molecule has 1 aliphatic carbocycles. The molecule has 0 heterocycles. The van der Waals surface area contributed by atoms with Crippen LogP contribution < -0.4 is 4.74 Å². The smallest absolute Gasteiger partial charge is 0.200 e. The van der Waals surface area contributed by atoms with Crippen molar-refractivity contribution in [2.75, 3.05) is 6.61 Å². The van der Waals surface area contributed by atoms with Crippen LogP contribution in [0.25, 0.3) is 0 Å². The van der Waals surface area contributed by atoms with Crippen molar-refractivity contribution in [3.05, 3.63) is 29.8 Å². The van der Waals surface area contributed by atoms with Crippen LogP contribution in [0.15, 0.2) is 24.3 Å². The molecule has 30 heavy (non-hydrogen) atoms. The van der Waals surface area contributed by atoms with E-state index in [1.54, 1.807) is 0 Å². The number of hydrogen-bond acceptors (Lipinski definition) is 2. The van der Waals surface area contributed by atoms with Gasteiger partial charge in [0.15, 0.2) is 6.29 Å². The lowest BCUT2D eigenvalue weighted by Crippen LogP contribution is -2.29. The monoisotopic (exact) mass is 416 g/mol. The Hall–Kier alpha value is -1.02. The van der Waals surface area contributed by atoms with E-state index < -0.39 is 0 Å². The molecule has 0 saturated heterocycles. The lowest BCUT2D eigenvalue weighted by Gasteiger charge is -2.30. The number of benzene rings is 1. The minimum absolute atomic E-state index is 0.156. The second-order valence-electron chi connectivity index (χ2n) is 11.5. The van der Waals surface area contributed by atoms with Crippen LogP contribution in [0, 0.1) is 29.1 Å².